The standard InChI is InChI=1S/C20H15N5O2/c1-11-12(7-21)8-23-19-14(11)3-5-17(19)27-13-2-4-16-15(6-13)20(25-24-16)18-9-22-10-26-18/h2,4,6,8-10,17H,3,5H2,1H3,(H,24,25). The Morgan fingerprint density at radius 3 is 3.07 bits per heavy atom. The molecule has 7 heteroatoms. The summed E-state index contributed by atoms with van der Waals surface area (Å²) < 4.78 is 11.6. The molecule has 0 bridgehead atoms. The topological polar surface area (TPSA) is 101 Å². The van der Waals surface area contributed by atoms with Crippen molar-refractivity contribution in [2.24, 2.45) is 0 Å². The number of pyridine rings is 1. The molecule has 1 aliphatic carbocycles. The van der Waals surface area contributed by atoms with Gasteiger partial charge in [-0.05, 0) is 49.1 Å². The first-order valence-electron chi connectivity index (χ1n) is 8.66. The molecule has 0 aliphatic heterocycles. The van der Waals surface area contributed by atoms with E-state index in [-0.39, 0.29) is 6.10 Å². The van der Waals surface area contributed by atoms with Crippen LogP contribution in [-0.2, 0) is 6.42 Å². The van der Waals surface area contributed by atoms with Crippen molar-refractivity contribution < 1.29 is 9.15 Å². The fourth-order valence-corrected chi connectivity index (χ4v) is 3.65. The Morgan fingerprint density at radius 1 is 1.33 bits per heavy atom. The molecule has 0 amide bonds. The van der Waals surface area contributed by atoms with Crippen LogP contribution in [0.1, 0.15) is 34.9 Å². The van der Waals surface area contributed by atoms with Crippen molar-refractivity contribution >= 4 is 10.9 Å². The van der Waals surface area contributed by atoms with E-state index in [4.69, 9.17) is 9.15 Å². The van der Waals surface area contributed by atoms with Gasteiger partial charge >= 0.3 is 0 Å². The smallest absolute Gasteiger partial charge is 0.181 e. The van der Waals surface area contributed by atoms with Crippen LogP contribution in [0.15, 0.2) is 41.4 Å². The lowest BCUT2D eigenvalue weighted by Crippen LogP contribution is -2.06. The second-order valence-corrected chi connectivity index (χ2v) is 6.56. The summed E-state index contributed by atoms with van der Waals surface area (Å²) >= 11 is 0. The summed E-state index contributed by atoms with van der Waals surface area (Å²) in [6.45, 7) is 1.97. The van der Waals surface area contributed by atoms with E-state index in [2.05, 4.69) is 26.2 Å². The van der Waals surface area contributed by atoms with Gasteiger partial charge in [0.05, 0.1) is 23.0 Å². The number of nitriles is 1. The van der Waals surface area contributed by atoms with Gasteiger partial charge in [-0.15, -0.1) is 0 Å². The van der Waals surface area contributed by atoms with Gasteiger partial charge in [-0.25, -0.2) is 4.98 Å². The second-order valence-electron chi connectivity index (χ2n) is 6.56. The van der Waals surface area contributed by atoms with Crippen molar-refractivity contribution in [3.05, 3.63) is 59.4 Å². The molecule has 1 aromatic carbocycles. The van der Waals surface area contributed by atoms with E-state index in [0.717, 1.165) is 46.3 Å². The summed E-state index contributed by atoms with van der Waals surface area (Å²) in [5.74, 6) is 1.34. The Kier molecular flexibility index (Phi) is 3.44. The molecule has 0 spiro atoms. The highest BCUT2D eigenvalue weighted by Gasteiger charge is 2.28. The maximum absolute atomic E-state index is 9.19. The Hall–Kier alpha value is -3.66. The fourth-order valence-electron chi connectivity index (χ4n) is 3.65. The molecule has 1 unspecified atom stereocenters. The van der Waals surface area contributed by atoms with Gasteiger partial charge in [0, 0.05) is 11.6 Å². The van der Waals surface area contributed by atoms with Gasteiger partial charge in [-0.2, -0.15) is 10.4 Å². The molecule has 1 N–H and O–H groups in total. The number of fused-ring (bicyclic) bond motifs is 2. The van der Waals surface area contributed by atoms with Gasteiger partial charge in [-0.3, -0.25) is 10.1 Å². The van der Waals surface area contributed by atoms with Gasteiger partial charge in [0.2, 0.25) is 0 Å². The predicted molar refractivity (Wildman–Crippen MR) is 97.0 cm³/mol. The van der Waals surface area contributed by atoms with Crippen molar-refractivity contribution in [3.63, 3.8) is 0 Å². The fraction of sp³-hybridized carbons (Fsp3) is 0.200. The molecular formula is C20H15N5O2. The molecule has 3 heterocycles. The van der Waals surface area contributed by atoms with Crippen LogP contribution in [-0.4, -0.2) is 20.2 Å². The van der Waals surface area contributed by atoms with Gasteiger partial charge in [-0.1, -0.05) is 0 Å². The van der Waals surface area contributed by atoms with E-state index >= 15 is 0 Å². The normalized spacial score (nSPS) is 15.6. The van der Waals surface area contributed by atoms with Crippen LogP contribution < -0.4 is 4.74 Å². The summed E-state index contributed by atoms with van der Waals surface area (Å²) in [6, 6.07) is 8.00. The number of hydrogen-bond donors (Lipinski definition) is 1. The van der Waals surface area contributed by atoms with E-state index < -0.39 is 0 Å². The molecule has 7 nitrogen and oxygen atoms in total. The summed E-state index contributed by atoms with van der Waals surface area (Å²) in [4.78, 5) is 8.44. The number of hydrogen-bond acceptors (Lipinski definition) is 6. The minimum absolute atomic E-state index is 0.121. The van der Waals surface area contributed by atoms with Crippen molar-refractivity contribution in [3.8, 4) is 23.3 Å². The number of aromatic amines is 1. The van der Waals surface area contributed by atoms with E-state index in [9.17, 15) is 5.26 Å². The average molecular weight is 357 g/mol. The van der Waals surface area contributed by atoms with Crippen LogP contribution >= 0.6 is 0 Å². The van der Waals surface area contributed by atoms with Crippen molar-refractivity contribution in [2.75, 3.05) is 0 Å². The Labute approximate surface area is 154 Å². The maximum Gasteiger partial charge on any atom is 0.181 e. The summed E-state index contributed by atoms with van der Waals surface area (Å²) in [6.07, 6.45) is 6.24. The lowest BCUT2D eigenvalue weighted by atomic mass is 10.0. The zero-order chi connectivity index (χ0) is 18.4. The Balaban J connectivity index is 1.49. The van der Waals surface area contributed by atoms with Crippen LogP contribution in [0.5, 0.6) is 5.75 Å². The van der Waals surface area contributed by atoms with Gasteiger partial charge < -0.3 is 9.15 Å². The highest BCUT2D eigenvalue weighted by atomic mass is 16.5. The zero-order valence-electron chi connectivity index (χ0n) is 14.6. The van der Waals surface area contributed by atoms with Crippen molar-refractivity contribution in [1.82, 2.24) is 20.2 Å². The largest absolute Gasteiger partial charge is 0.484 e. The third kappa shape index (κ3) is 2.46. The molecule has 3 aromatic heterocycles. The molecule has 1 aliphatic rings. The summed E-state index contributed by atoms with van der Waals surface area (Å²) in [5.41, 5.74) is 5.29. The minimum atomic E-state index is -0.121. The first kappa shape index (κ1) is 15.6. The molecular weight excluding hydrogens is 342 g/mol. The van der Waals surface area contributed by atoms with E-state index in [0.29, 0.717) is 17.0 Å². The Bertz CT molecular complexity index is 1190. The first-order chi connectivity index (χ1) is 13.2. The monoisotopic (exact) mass is 357 g/mol. The third-order valence-corrected chi connectivity index (χ3v) is 5.06. The van der Waals surface area contributed by atoms with Gasteiger partial charge in [0.15, 0.2) is 12.2 Å². The van der Waals surface area contributed by atoms with Crippen LogP contribution in [0, 0.1) is 18.3 Å². The maximum atomic E-state index is 9.19. The molecule has 5 rings (SSSR count). The first-order valence-corrected chi connectivity index (χ1v) is 8.66. The highest BCUT2D eigenvalue weighted by molar-refractivity contribution is 5.92. The lowest BCUT2D eigenvalue weighted by Gasteiger charge is -2.15. The molecule has 0 saturated heterocycles. The molecule has 1 atom stereocenters. The quantitative estimate of drug-likeness (QED) is 0.597. The summed E-state index contributed by atoms with van der Waals surface area (Å²) in [7, 11) is 0. The van der Waals surface area contributed by atoms with Gasteiger partial charge in [0.25, 0.3) is 0 Å². The minimum Gasteiger partial charge on any atom is -0.484 e. The van der Waals surface area contributed by atoms with E-state index in [1.54, 1.807) is 12.4 Å². The van der Waals surface area contributed by atoms with Crippen molar-refractivity contribution in [1.29, 1.82) is 5.26 Å². The summed E-state index contributed by atoms with van der Waals surface area (Å²) in [5, 5.41) is 17.4. The highest BCUT2D eigenvalue weighted by Crippen LogP contribution is 2.37. The molecule has 0 fully saturated rings. The molecule has 132 valence electrons. The second kappa shape index (κ2) is 5.95. The SMILES string of the molecule is Cc1c(C#N)cnc2c1CCC2Oc1ccc2[nH]nc(-c3cnco3)c2c1. The molecule has 27 heavy (non-hydrogen) atoms. The Morgan fingerprint density at radius 2 is 2.26 bits per heavy atom. The van der Waals surface area contributed by atoms with Gasteiger partial charge in [0.1, 0.15) is 23.6 Å². The number of nitrogens with one attached hydrogen (secondary N) is 1. The lowest BCUT2D eigenvalue weighted by molar-refractivity contribution is 0.203. The zero-order valence-corrected chi connectivity index (χ0v) is 14.6. The number of rotatable bonds is 3. The number of H-pyrrole nitrogens is 1. The van der Waals surface area contributed by atoms with E-state index in [1.807, 2.05) is 25.1 Å². The van der Waals surface area contributed by atoms with Crippen LogP contribution in [0.2, 0.25) is 0 Å². The average Bonchev–Trinajstić information content (AvgIpc) is 3.41. The van der Waals surface area contributed by atoms with Crippen LogP contribution in [0.3, 0.4) is 0 Å². The third-order valence-electron chi connectivity index (χ3n) is 5.06. The van der Waals surface area contributed by atoms with Crippen LogP contribution in [0.25, 0.3) is 22.4 Å². The predicted octanol–water partition coefficient (Wildman–Crippen LogP) is 3.86. The van der Waals surface area contributed by atoms with E-state index in [1.165, 1.54) is 6.39 Å². The number of oxazole rings is 1. The van der Waals surface area contributed by atoms with Crippen molar-refractivity contribution in [2.45, 2.75) is 25.9 Å². The number of aromatic nitrogens is 4. The number of benzene rings is 1. The number of ether oxygens (including phenoxy) is 1. The molecule has 0 saturated carbocycles. The number of nitrogens with zero attached hydrogens (tertiary/aromatic N) is 4. The molecule has 4 aromatic rings. The molecule has 0 radical (unpaired) electrons. The van der Waals surface area contributed by atoms with Crippen LogP contribution in [0.4, 0.5) is 0 Å².